The molecule has 0 unspecified atom stereocenters. The number of furan rings is 1. The molecule has 3 heterocycles. The third kappa shape index (κ3) is 3.96. The largest absolute Gasteiger partial charge is 0.481 e. The van der Waals surface area contributed by atoms with Crippen LogP contribution in [0.1, 0.15) is 16.9 Å². The van der Waals surface area contributed by atoms with E-state index < -0.39 is 0 Å². The molecule has 0 atom stereocenters. The van der Waals surface area contributed by atoms with E-state index in [2.05, 4.69) is 32.8 Å². The molecule has 0 saturated carbocycles. The summed E-state index contributed by atoms with van der Waals surface area (Å²) in [6, 6.07) is 10.0. The van der Waals surface area contributed by atoms with Crippen LogP contribution in [0.4, 0.5) is 0 Å². The van der Waals surface area contributed by atoms with Crippen molar-refractivity contribution < 1.29 is 9.15 Å². The number of rotatable bonds is 7. The minimum absolute atomic E-state index is 0.638. The summed E-state index contributed by atoms with van der Waals surface area (Å²) in [5, 5.41) is 4.29. The Bertz CT molecular complexity index is 627. The van der Waals surface area contributed by atoms with E-state index in [9.17, 15) is 0 Å². The molecule has 3 rings (SSSR count). The topological polar surface area (TPSA) is 38.5 Å². The van der Waals surface area contributed by atoms with Crippen LogP contribution in [0.5, 0.6) is 5.88 Å². The van der Waals surface area contributed by atoms with E-state index in [0.717, 1.165) is 31.0 Å². The summed E-state index contributed by atoms with van der Waals surface area (Å²) in [4.78, 5) is 6.61. The van der Waals surface area contributed by atoms with E-state index in [-0.39, 0.29) is 0 Å². The van der Waals surface area contributed by atoms with Gasteiger partial charge in [0.2, 0.25) is 5.88 Å². The molecule has 0 aliphatic rings. The standard InChI is InChI=1S/C17H18N2O2S/c1-20-17-5-4-14(9-18-17)10-19(11-15-6-8-22-13-15)12-16-3-2-7-21-16/h2-9,13H,10-12H2,1H3. The lowest BCUT2D eigenvalue weighted by atomic mass is 10.2. The zero-order valence-corrected chi connectivity index (χ0v) is 13.3. The molecule has 3 aromatic heterocycles. The highest BCUT2D eigenvalue weighted by molar-refractivity contribution is 7.07. The second kappa shape index (κ2) is 7.24. The molecular formula is C17H18N2O2S. The number of pyridine rings is 1. The van der Waals surface area contributed by atoms with Gasteiger partial charge in [-0.25, -0.2) is 4.98 Å². The van der Waals surface area contributed by atoms with Crippen molar-refractivity contribution in [2.75, 3.05) is 7.11 Å². The summed E-state index contributed by atoms with van der Waals surface area (Å²) in [5.74, 6) is 1.61. The zero-order chi connectivity index (χ0) is 15.2. The monoisotopic (exact) mass is 314 g/mol. The normalized spacial score (nSPS) is 11.0. The molecule has 0 saturated heterocycles. The van der Waals surface area contributed by atoms with Crippen LogP contribution in [0, 0.1) is 0 Å². The first kappa shape index (κ1) is 14.8. The molecule has 114 valence electrons. The minimum atomic E-state index is 0.638. The molecule has 3 aromatic rings. The van der Waals surface area contributed by atoms with Crippen molar-refractivity contribution in [1.82, 2.24) is 9.88 Å². The zero-order valence-electron chi connectivity index (χ0n) is 12.4. The smallest absolute Gasteiger partial charge is 0.212 e. The van der Waals surface area contributed by atoms with E-state index in [1.807, 2.05) is 24.4 Å². The number of hydrogen-bond donors (Lipinski definition) is 0. The molecule has 0 aliphatic carbocycles. The van der Waals surface area contributed by atoms with Gasteiger partial charge >= 0.3 is 0 Å². The molecule has 4 nitrogen and oxygen atoms in total. The lowest BCUT2D eigenvalue weighted by molar-refractivity contribution is 0.227. The van der Waals surface area contributed by atoms with E-state index in [4.69, 9.17) is 9.15 Å². The Morgan fingerprint density at radius 2 is 2.05 bits per heavy atom. The van der Waals surface area contributed by atoms with Gasteiger partial charge in [-0.2, -0.15) is 11.3 Å². The van der Waals surface area contributed by atoms with E-state index in [1.54, 1.807) is 24.7 Å². The predicted octanol–water partition coefficient (Wildman–Crippen LogP) is 3.95. The van der Waals surface area contributed by atoms with Crippen molar-refractivity contribution in [2.45, 2.75) is 19.6 Å². The quantitative estimate of drug-likeness (QED) is 0.662. The number of ether oxygens (including phenoxy) is 1. The summed E-state index contributed by atoms with van der Waals surface area (Å²) >= 11 is 1.72. The van der Waals surface area contributed by atoms with E-state index in [0.29, 0.717) is 5.88 Å². The number of methoxy groups -OCH3 is 1. The van der Waals surface area contributed by atoms with Gasteiger partial charge in [0.1, 0.15) is 5.76 Å². The first-order valence-electron chi connectivity index (χ1n) is 7.08. The lowest BCUT2D eigenvalue weighted by Crippen LogP contribution is -2.22. The molecule has 0 amide bonds. The summed E-state index contributed by atoms with van der Waals surface area (Å²) in [7, 11) is 1.63. The van der Waals surface area contributed by atoms with Gasteiger partial charge in [0.05, 0.1) is 19.9 Å². The lowest BCUT2D eigenvalue weighted by Gasteiger charge is -2.20. The van der Waals surface area contributed by atoms with Crippen molar-refractivity contribution >= 4 is 11.3 Å². The maximum atomic E-state index is 5.48. The van der Waals surface area contributed by atoms with Crippen LogP contribution in [-0.4, -0.2) is 17.0 Å². The third-order valence-electron chi connectivity index (χ3n) is 3.36. The van der Waals surface area contributed by atoms with Gasteiger partial charge in [-0.05, 0) is 40.1 Å². The maximum Gasteiger partial charge on any atom is 0.212 e. The van der Waals surface area contributed by atoms with Crippen LogP contribution >= 0.6 is 11.3 Å². The SMILES string of the molecule is COc1ccc(CN(Cc2ccsc2)Cc2ccco2)cn1. The third-order valence-corrected chi connectivity index (χ3v) is 4.09. The van der Waals surface area contributed by atoms with Gasteiger partial charge in [-0.15, -0.1) is 0 Å². The molecule has 5 heteroatoms. The molecular weight excluding hydrogens is 296 g/mol. The summed E-state index contributed by atoms with van der Waals surface area (Å²) in [5.41, 5.74) is 2.47. The number of nitrogens with zero attached hydrogens (tertiary/aromatic N) is 2. The fourth-order valence-corrected chi connectivity index (χ4v) is 2.97. The fraction of sp³-hybridized carbons (Fsp3) is 0.235. The predicted molar refractivity (Wildman–Crippen MR) is 86.8 cm³/mol. The molecule has 0 bridgehead atoms. The van der Waals surface area contributed by atoms with Crippen LogP contribution in [0.3, 0.4) is 0 Å². The molecule has 22 heavy (non-hydrogen) atoms. The Labute approximate surface area is 134 Å². The van der Waals surface area contributed by atoms with Gasteiger partial charge in [-0.1, -0.05) is 6.07 Å². The average molecular weight is 314 g/mol. The Morgan fingerprint density at radius 1 is 1.14 bits per heavy atom. The minimum Gasteiger partial charge on any atom is -0.481 e. The first-order valence-corrected chi connectivity index (χ1v) is 8.02. The highest BCUT2D eigenvalue weighted by Crippen LogP contribution is 2.16. The highest BCUT2D eigenvalue weighted by atomic mass is 32.1. The summed E-state index contributed by atoms with van der Waals surface area (Å²) < 4.78 is 10.6. The van der Waals surface area contributed by atoms with Crippen LogP contribution in [0.25, 0.3) is 0 Å². The highest BCUT2D eigenvalue weighted by Gasteiger charge is 2.10. The molecule has 0 fully saturated rings. The molecule has 0 spiro atoms. The number of hydrogen-bond acceptors (Lipinski definition) is 5. The van der Waals surface area contributed by atoms with Gasteiger partial charge in [-0.3, -0.25) is 4.90 Å². The van der Waals surface area contributed by atoms with Crippen molar-refractivity contribution in [3.8, 4) is 5.88 Å². The Morgan fingerprint density at radius 3 is 2.68 bits per heavy atom. The van der Waals surface area contributed by atoms with Crippen molar-refractivity contribution in [3.63, 3.8) is 0 Å². The Hall–Kier alpha value is -2.11. The number of thiophene rings is 1. The second-order valence-corrected chi connectivity index (χ2v) is 5.84. The Balaban J connectivity index is 1.71. The van der Waals surface area contributed by atoms with Gasteiger partial charge < -0.3 is 9.15 Å². The summed E-state index contributed by atoms with van der Waals surface area (Å²) in [6.07, 6.45) is 3.58. The first-order chi connectivity index (χ1) is 10.8. The van der Waals surface area contributed by atoms with Crippen molar-refractivity contribution in [2.24, 2.45) is 0 Å². The molecule has 0 N–H and O–H groups in total. The number of aromatic nitrogens is 1. The van der Waals surface area contributed by atoms with Crippen molar-refractivity contribution in [3.05, 3.63) is 70.4 Å². The molecule has 0 radical (unpaired) electrons. The Kier molecular flexibility index (Phi) is 4.88. The van der Waals surface area contributed by atoms with Gasteiger partial charge in [0.25, 0.3) is 0 Å². The van der Waals surface area contributed by atoms with Crippen LogP contribution in [0.2, 0.25) is 0 Å². The fourth-order valence-electron chi connectivity index (χ4n) is 2.31. The average Bonchev–Trinajstić information content (AvgIpc) is 3.22. The van der Waals surface area contributed by atoms with E-state index >= 15 is 0 Å². The van der Waals surface area contributed by atoms with Crippen LogP contribution in [-0.2, 0) is 19.6 Å². The van der Waals surface area contributed by atoms with Crippen molar-refractivity contribution in [1.29, 1.82) is 0 Å². The molecule has 0 aliphatic heterocycles. The summed E-state index contributed by atoms with van der Waals surface area (Å²) in [6.45, 7) is 2.47. The van der Waals surface area contributed by atoms with Gasteiger partial charge in [0.15, 0.2) is 0 Å². The van der Waals surface area contributed by atoms with Gasteiger partial charge in [0, 0.05) is 25.4 Å². The molecule has 0 aromatic carbocycles. The van der Waals surface area contributed by atoms with Crippen LogP contribution in [0.15, 0.2) is 58.0 Å². The maximum absolute atomic E-state index is 5.48. The van der Waals surface area contributed by atoms with Crippen LogP contribution < -0.4 is 4.74 Å². The second-order valence-electron chi connectivity index (χ2n) is 5.06. The van der Waals surface area contributed by atoms with E-state index in [1.165, 1.54) is 5.56 Å².